The normalized spacial score (nSPS) is 10.5. The van der Waals surface area contributed by atoms with Crippen LogP contribution in [0.4, 0.5) is 5.69 Å². The van der Waals surface area contributed by atoms with E-state index in [0.717, 1.165) is 11.3 Å². The average Bonchev–Trinajstić information content (AvgIpc) is 3.18. The van der Waals surface area contributed by atoms with Gasteiger partial charge in [-0.1, -0.05) is 36.0 Å². The molecule has 0 radical (unpaired) electrons. The number of anilines is 1. The Bertz CT molecular complexity index is 1130. The van der Waals surface area contributed by atoms with Crippen LogP contribution in [0.3, 0.4) is 0 Å². The second-order valence-electron chi connectivity index (χ2n) is 7.04. The summed E-state index contributed by atoms with van der Waals surface area (Å²) in [6, 6.07) is 14.4. The Morgan fingerprint density at radius 2 is 2.00 bits per heavy atom. The Balaban J connectivity index is 1.60. The number of ether oxygens (including phenoxy) is 2. The van der Waals surface area contributed by atoms with Crippen molar-refractivity contribution in [2.24, 2.45) is 0 Å². The van der Waals surface area contributed by atoms with Crippen LogP contribution in [0.2, 0.25) is 0 Å². The largest absolute Gasteiger partial charge is 0.486 e. The maximum Gasteiger partial charge on any atom is 0.338 e. The van der Waals surface area contributed by atoms with Crippen molar-refractivity contribution in [3.05, 3.63) is 78.1 Å². The van der Waals surface area contributed by atoms with Gasteiger partial charge < -0.3 is 14.8 Å². The average molecular weight is 467 g/mol. The fourth-order valence-electron chi connectivity index (χ4n) is 2.96. The van der Waals surface area contributed by atoms with E-state index in [4.69, 9.17) is 9.47 Å². The van der Waals surface area contributed by atoms with Crippen LogP contribution < -0.4 is 10.1 Å². The first kappa shape index (κ1) is 24.1. The van der Waals surface area contributed by atoms with E-state index in [2.05, 4.69) is 22.1 Å². The van der Waals surface area contributed by atoms with Crippen molar-refractivity contribution in [3.63, 3.8) is 0 Å². The Labute approximate surface area is 197 Å². The molecule has 0 unspecified atom stereocenters. The number of hydrogen-bond donors (Lipinski definition) is 1. The van der Waals surface area contributed by atoms with E-state index in [9.17, 15) is 9.59 Å². The summed E-state index contributed by atoms with van der Waals surface area (Å²) in [6.45, 7) is 8.56. The summed E-state index contributed by atoms with van der Waals surface area (Å²) < 4.78 is 12.7. The van der Waals surface area contributed by atoms with Crippen LogP contribution in [0.25, 0.3) is 0 Å². The van der Waals surface area contributed by atoms with Crippen LogP contribution in [0.5, 0.6) is 5.75 Å². The zero-order valence-electron chi connectivity index (χ0n) is 18.6. The third-order valence-electron chi connectivity index (χ3n) is 4.45. The van der Waals surface area contributed by atoms with Crippen LogP contribution in [-0.4, -0.2) is 39.0 Å². The van der Waals surface area contributed by atoms with Crippen molar-refractivity contribution in [1.82, 2.24) is 14.8 Å². The van der Waals surface area contributed by atoms with Gasteiger partial charge in [0.2, 0.25) is 5.91 Å². The van der Waals surface area contributed by atoms with Gasteiger partial charge in [-0.05, 0) is 49.7 Å². The monoisotopic (exact) mass is 466 g/mol. The second kappa shape index (κ2) is 11.9. The number of thioether (sulfide) groups is 1. The molecule has 0 saturated heterocycles. The molecule has 1 N–H and O–H groups in total. The van der Waals surface area contributed by atoms with Crippen LogP contribution in [-0.2, 0) is 22.7 Å². The summed E-state index contributed by atoms with van der Waals surface area (Å²) >= 11 is 1.26. The number of esters is 1. The van der Waals surface area contributed by atoms with E-state index in [0.29, 0.717) is 28.8 Å². The smallest absolute Gasteiger partial charge is 0.338 e. The first-order valence-corrected chi connectivity index (χ1v) is 11.4. The van der Waals surface area contributed by atoms with Gasteiger partial charge in [0.15, 0.2) is 11.0 Å². The molecule has 1 heterocycles. The highest BCUT2D eigenvalue weighted by Gasteiger charge is 2.15. The van der Waals surface area contributed by atoms with Gasteiger partial charge >= 0.3 is 5.97 Å². The van der Waals surface area contributed by atoms with E-state index in [-0.39, 0.29) is 24.9 Å². The zero-order valence-corrected chi connectivity index (χ0v) is 19.4. The molecule has 33 heavy (non-hydrogen) atoms. The number of amides is 1. The van der Waals surface area contributed by atoms with Crippen molar-refractivity contribution >= 4 is 29.3 Å². The highest BCUT2D eigenvalue weighted by molar-refractivity contribution is 7.99. The van der Waals surface area contributed by atoms with Gasteiger partial charge in [0.25, 0.3) is 0 Å². The molecule has 172 valence electrons. The molecule has 0 spiro atoms. The summed E-state index contributed by atoms with van der Waals surface area (Å²) in [5, 5.41) is 11.8. The summed E-state index contributed by atoms with van der Waals surface area (Å²) in [5.74, 6) is 0.855. The number of aromatic nitrogens is 3. The van der Waals surface area contributed by atoms with Crippen LogP contribution in [0, 0.1) is 6.92 Å². The molecule has 0 aliphatic heterocycles. The molecule has 0 bridgehead atoms. The minimum absolute atomic E-state index is 0.123. The lowest BCUT2D eigenvalue weighted by atomic mass is 10.2. The standard InChI is InChI=1S/C24H26N4O4S/c1-4-12-28-21(15-32-20-11-6-8-17(3)13-20)26-27-24(28)33-16-22(29)25-19-10-7-9-18(14-19)23(30)31-5-2/h4,6-11,13-14H,1,5,12,15-16H2,2-3H3,(H,25,29). The highest BCUT2D eigenvalue weighted by Crippen LogP contribution is 2.20. The van der Waals surface area contributed by atoms with Gasteiger partial charge in [-0.25, -0.2) is 4.79 Å². The van der Waals surface area contributed by atoms with Gasteiger partial charge in [0.1, 0.15) is 12.4 Å². The fraction of sp³-hybridized carbons (Fsp3) is 0.250. The van der Waals surface area contributed by atoms with E-state index in [1.807, 2.05) is 35.8 Å². The summed E-state index contributed by atoms with van der Waals surface area (Å²) in [4.78, 5) is 24.3. The van der Waals surface area contributed by atoms with Crippen LogP contribution >= 0.6 is 11.8 Å². The molecule has 0 saturated carbocycles. The molecular weight excluding hydrogens is 440 g/mol. The van der Waals surface area contributed by atoms with Crippen molar-refractivity contribution in [2.75, 3.05) is 17.7 Å². The predicted octanol–water partition coefficient (Wildman–Crippen LogP) is 4.26. The lowest BCUT2D eigenvalue weighted by Gasteiger charge is -2.10. The molecule has 3 rings (SSSR count). The van der Waals surface area contributed by atoms with Crippen LogP contribution in [0.15, 0.2) is 66.3 Å². The topological polar surface area (TPSA) is 95.3 Å². The molecule has 0 atom stereocenters. The van der Waals surface area contributed by atoms with E-state index >= 15 is 0 Å². The van der Waals surface area contributed by atoms with Gasteiger partial charge in [-0.2, -0.15) is 0 Å². The molecule has 1 aromatic heterocycles. The molecule has 9 heteroatoms. The molecule has 3 aromatic rings. The number of nitrogens with zero attached hydrogens (tertiary/aromatic N) is 3. The number of carbonyl (C=O) groups is 2. The summed E-state index contributed by atoms with van der Waals surface area (Å²) in [7, 11) is 0. The predicted molar refractivity (Wildman–Crippen MR) is 127 cm³/mol. The Morgan fingerprint density at radius 1 is 1.18 bits per heavy atom. The summed E-state index contributed by atoms with van der Waals surface area (Å²) in [5.41, 5.74) is 2.01. The van der Waals surface area contributed by atoms with E-state index in [1.54, 1.807) is 37.3 Å². The number of nitrogens with one attached hydrogen (secondary N) is 1. The Hall–Kier alpha value is -3.59. The molecule has 1 amide bonds. The SMILES string of the molecule is C=CCn1c(COc2cccc(C)c2)nnc1SCC(=O)Nc1cccc(C(=O)OCC)c1. The minimum Gasteiger partial charge on any atom is -0.486 e. The number of carbonyl (C=O) groups excluding carboxylic acids is 2. The molecule has 0 fully saturated rings. The quantitative estimate of drug-likeness (QED) is 0.256. The third-order valence-corrected chi connectivity index (χ3v) is 5.42. The first-order chi connectivity index (χ1) is 16.0. The third kappa shape index (κ3) is 6.95. The zero-order chi connectivity index (χ0) is 23.6. The van der Waals surface area contributed by atoms with E-state index < -0.39 is 5.97 Å². The van der Waals surface area contributed by atoms with E-state index in [1.165, 1.54) is 11.8 Å². The first-order valence-electron chi connectivity index (χ1n) is 10.4. The lowest BCUT2D eigenvalue weighted by Crippen LogP contribution is -2.15. The molecule has 0 aliphatic carbocycles. The Kier molecular flexibility index (Phi) is 8.65. The summed E-state index contributed by atoms with van der Waals surface area (Å²) in [6.07, 6.45) is 1.74. The minimum atomic E-state index is -0.430. The molecule has 8 nitrogen and oxygen atoms in total. The Morgan fingerprint density at radius 3 is 2.76 bits per heavy atom. The van der Waals surface area contributed by atoms with Crippen molar-refractivity contribution in [3.8, 4) is 5.75 Å². The lowest BCUT2D eigenvalue weighted by molar-refractivity contribution is -0.113. The van der Waals surface area contributed by atoms with Gasteiger partial charge in [-0.3, -0.25) is 9.36 Å². The molecule has 0 aliphatic rings. The van der Waals surface area contributed by atoms with Crippen molar-refractivity contribution in [1.29, 1.82) is 0 Å². The maximum atomic E-state index is 12.5. The fourth-order valence-corrected chi connectivity index (χ4v) is 3.73. The highest BCUT2D eigenvalue weighted by atomic mass is 32.2. The van der Waals surface area contributed by atoms with Gasteiger partial charge in [0.05, 0.1) is 17.9 Å². The molecular formula is C24H26N4O4S. The number of aryl methyl sites for hydroxylation is 1. The van der Waals surface area contributed by atoms with Gasteiger partial charge in [-0.15, -0.1) is 16.8 Å². The van der Waals surface area contributed by atoms with Crippen molar-refractivity contribution in [2.45, 2.75) is 32.2 Å². The number of allylic oxidation sites excluding steroid dienone is 1. The second-order valence-corrected chi connectivity index (χ2v) is 7.98. The van der Waals surface area contributed by atoms with Crippen LogP contribution in [0.1, 0.15) is 28.7 Å². The number of rotatable bonds is 11. The number of benzene rings is 2. The molecule has 2 aromatic carbocycles. The van der Waals surface area contributed by atoms with Crippen molar-refractivity contribution < 1.29 is 19.1 Å². The maximum absolute atomic E-state index is 12.5. The number of hydrogen-bond acceptors (Lipinski definition) is 7. The van der Waals surface area contributed by atoms with Gasteiger partial charge in [0, 0.05) is 12.2 Å².